The van der Waals surface area contributed by atoms with E-state index in [2.05, 4.69) is 10.1 Å². The largest absolute Gasteiger partial charge is 0.573 e. The highest BCUT2D eigenvalue weighted by Crippen LogP contribution is 2.23. The van der Waals surface area contributed by atoms with Crippen LogP contribution in [0.25, 0.3) is 6.08 Å². The van der Waals surface area contributed by atoms with Crippen LogP contribution in [0.4, 0.5) is 18.9 Å². The minimum Gasteiger partial charge on any atom is -0.462 e. The van der Waals surface area contributed by atoms with E-state index >= 15 is 0 Å². The van der Waals surface area contributed by atoms with Crippen molar-refractivity contribution in [2.24, 2.45) is 0 Å². The predicted octanol–water partition coefficient (Wildman–Crippen LogP) is 4.14. The molecule has 0 radical (unpaired) electrons. The molecule has 116 valence electrons. The Morgan fingerprint density at radius 3 is 2.41 bits per heavy atom. The molecule has 7 heteroatoms. The summed E-state index contributed by atoms with van der Waals surface area (Å²) in [5, 5.41) is 2.50. The second kappa shape index (κ2) is 6.38. The van der Waals surface area contributed by atoms with Crippen molar-refractivity contribution >= 4 is 17.7 Å². The summed E-state index contributed by atoms with van der Waals surface area (Å²) in [6, 6.07) is 8.32. The number of furan rings is 1. The fraction of sp³-hybridized carbons (Fsp3) is 0.133. The van der Waals surface area contributed by atoms with E-state index < -0.39 is 12.3 Å². The summed E-state index contributed by atoms with van der Waals surface area (Å²) in [4.78, 5) is 11.7. The van der Waals surface area contributed by atoms with Gasteiger partial charge >= 0.3 is 6.36 Å². The van der Waals surface area contributed by atoms with Gasteiger partial charge in [-0.25, -0.2) is 0 Å². The maximum atomic E-state index is 12.0. The zero-order valence-corrected chi connectivity index (χ0v) is 11.5. The van der Waals surface area contributed by atoms with Gasteiger partial charge in [0.1, 0.15) is 17.3 Å². The van der Waals surface area contributed by atoms with Gasteiger partial charge in [-0.15, -0.1) is 13.2 Å². The molecule has 0 fully saturated rings. The minimum atomic E-state index is -4.74. The van der Waals surface area contributed by atoms with Crippen LogP contribution in [-0.2, 0) is 4.79 Å². The number of alkyl halides is 3. The van der Waals surface area contributed by atoms with Gasteiger partial charge in [0.15, 0.2) is 0 Å². The molecule has 0 bridgehead atoms. The molecule has 0 aliphatic heterocycles. The molecule has 0 aliphatic carbocycles. The van der Waals surface area contributed by atoms with Gasteiger partial charge < -0.3 is 14.5 Å². The molecular weight excluding hydrogens is 299 g/mol. The lowest BCUT2D eigenvalue weighted by Gasteiger charge is -2.09. The first-order valence-electron chi connectivity index (χ1n) is 6.23. The van der Waals surface area contributed by atoms with Crippen molar-refractivity contribution in [3.8, 4) is 5.75 Å². The van der Waals surface area contributed by atoms with E-state index in [1.54, 1.807) is 19.1 Å². The molecule has 1 N–H and O–H groups in total. The molecule has 1 heterocycles. The molecule has 1 amide bonds. The molecule has 1 aromatic heterocycles. The second-order valence-electron chi connectivity index (χ2n) is 4.34. The molecule has 2 rings (SSSR count). The number of hydrogen-bond acceptors (Lipinski definition) is 3. The molecule has 2 aromatic rings. The van der Waals surface area contributed by atoms with Crippen LogP contribution >= 0.6 is 0 Å². The van der Waals surface area contributed by atoms with Crippen LogP contribution in [0.2, 0.25) is 0 Å². The van der Waals surface area contributed by atoms with Gasteiger partial charge in [-0.2, -0.15) is 0 Å². The van der Waals surface area contributed by atoms with Crippen LogP contribution < -0.4 is 10.1 Å². The molecule has 0 atom stereocenters. The molecule has 22 heavy (non-hydrogen) atoms. The van der Waals surface area contributed by atoms with Crippen LogP contribution in [0, 0.1) is 6.92 Å². The van der Waals surface area contributed by atoms with Gasteiger partial charge in [-0.3, -0.25) is 4.79 Å². The van der Waals surface area contributed by atoms with E-state index in [1.807, 2.05) is 0 Å². The highest BCUT2D eigenvalue weighted by Gasteiger charge is 2.30. The van der Waals surface area contributed by atoms with E-state index in [-0.39, 0.29) is 5.75 Å². The van der Waals surface area contributed by atoms with Gasteiger partial charge in [0.25, 0.3) is 0 Å². The summed E-state index contributed by atoms with van der Waals surface area (Å²) in [5.41, 5.74) is 0.347. The Hall–Kier alpha value is -2.70. The van der Waals surface area contributed by atoms with Gasteiger partial charge in [0, 0.05) is 11.8 Å². The number of halogens is 3. The van der Waals surface area contributed by atoms with Gasteiger partial charge in [-0.05, 0) is 49.4 Å². The molecule has 0 unspecified atom stereocenters. The van der Waals surface area contributed by atoms with Crippen molar-refractivity contribution in [2.45, 2.75) is 13.3 Å². The first-order valence-corrected chi connectivity index (χ1v) is 6.23. The standard InChI is InChI=1S/C15H12F3NO3/c1-10-2-5-12(21-10)8-9-14(20)19-11-3-6-13(7-4-11)22-15(16,17)18/h2-9H,1H3,(H,19,20)/b9-8+. The Kier molecular flexibility index (Phi) is 4.55. The van der Waals surface area contributed by atoms with Gasteiger partial charge in [0.05, 0.1) is 0 Å². The molecule has 0 saturated heterocycles. The zero-order valence-electron chi connectivity index (χ0n) is 11.5. The van der Waals surface area contributed by atoms with Crippen molar-refractivity contribution < 1.29 is 27.1 Å². The second-order valence-corrected chi connectivity index (χ2v) is 4.34. The number of amides is 1. The number of nitrogens with one attached hydrogen (secondary N) is 1. The van der Waals surface area contributed by atoms with Crippen molar-refractivity contribution in [1.82, 2.24) is 0 Å². The first-order chi connectivity index (χ1) is 10.3. The Bertz CT molecular complexity index is 672. The molecule has 0 saturated carbocycles. The smallest absolute Gasteiger partial charge is 0.462 e. The highest BCUT2D eigenvalue weighted by atomic mass is 19.4. The van der Waals surface area contributed by atoms with E-state index in [9.17, 15) is 18.0 Å². The third-order valence-corrected chi connectivity index (χ3v) is 2.52. The lowest BCUT2D eigenvalue weighted by atomic mass is 10.3. The SMILES string of the molecule is Cc1ccc(/C=C/C(=O)Nc2ccc(OC(F)(F)F)cc2)o1. The maximum absolute atomic E-state index is 12.0. The van der Waals surface area contributed by atoms with Crippen LogP contribution in [-0.4, -0.2) is 12.3 Å². The van der Waals surface area contributed by atoms with E-state index in [4.69, 9.17) is 4.42 Å². The van der Waals surface area contributed by atoms with Gasteiger partial charge in [0.2, 0.25) is 5.91 Å². The summed E-state index contributed by atoms with van der Waals surface area (Å²) in [7, 11) is 0. The maximum Gasteiger partial charge on any atom is 0.573 e. The number of carbonyl (C=O) groups excluding carboxylic acids is 1. The third-order valence-electron chi connectivity index (χ3n) is 2.52. The fourth-order valence-electron chi connectivity index (χ4n) is 1.62. The summed E-state index contributed by atoms with van der Waals surface area (Å²) >= 11 is 0. The Labute approximate surface area is 124 Å². The Morgan fingerprint density at radius 2 is 1.86 bits per heavy atom. The lowest BCUT2D eigenvalue weighted by Crippen LogP contribution is -2.17. The number of carbonyl (C=O) groups is 1. The number of benzene rings is 1. The summed E-state index contributed by atoms with van der Waals surface area (Å²) in [6.07, 6.45) is -1.99. The average molecular weight is 311 g/mol. The number of aryl methyl sites for hydroxylation is 1. The Morgan fingerprint density at radius 1 is 1.18 bits per heavy atom. The Balaban J connectivity index is 1.93. The van der Waals surface area contributed by atoms with Crippen LogP contribution in [0.5, 0.6) is 5.75 Å². The fourth-order valence-corrected chi connectivity index (χ4v) is 1.62. The van der Waals surface area contributed by atoms with E-state index in [0.717, 1.165) is 17.9 Å². The zero-order chi connectivity index (χ0) is 16.2. The highest BCUT2D eigenvalue weighted by molar-refractivity contribution is 6.01. The quantitative estimate of drug-likeness (QED) is 0.863. The molecule has 4 nitrogen and oxygen atoms in total. The summed E-state index contributed by atoms with van der Waals surface area (Å²) < 4.78 is 45.0. The van der Waals surface area contributed by atoms with E-state index in [0.29, 0.717) is 11.4 Å². The predicted molar refractivity (Wildman–Crippen MR) is 74.2 cm³/mol. The van der Waals surface area contributed by atoms with Gasteiger partial charge in [-0.1, -0.05) is 0 Å². The monoisotopic (exact) mass is 311 g/mol. The average Bonchev–Trinajstić information content (AvgIpc) is 2.83. The minimum absolute atomic E-state index is 0.347. The summed E-state index contributed by atoms with van der Waals surface area (Å²) in [6.45, 7) is 1.78. The molecule has 0 aliphatic rings. The number of anilines is 1. The lowest BCUT2D eigenvalue weighted by molar-refractivity contribution is -0.274. The normalized spacial score (nSPS) is 11.6. The summed E-state index contributed by atoms with van der Waals surface area (Å²) in [5.74, 6) is 0.465. The topological polar surface area (TPSA) is 51.5 Å². The van der Waals surface area contributed by atoms with Crippen LogP contribution in [0.15, 0.2) is 46.9 Å². The van der Waals surface area contributed by atoms with Crippen LogP contribution in [0.1, 0.15) is 11.5 Å². The number of ether oxygens (including phenoxy) is 1. The molecule has 1 aromatic carbocycles. The van der Waals surface area contributed by atoms with Crippen molar-refractivity contribution in [3.05, 3.63) is 54.0 Å². The number of rotatable bonds is 4. The van der Waals surface area contributed by atoms with Crippen molar-refractivity contribution in [1.29, 1.82) is 0 Å². The number of hydrogen-bond donors (Lipinski definition) is 1. The van der Waals surface area contributed by atoms with Crippen molar-refractivity contribution in [3.63, 3.8) is 0 Å². The van der Waals surface area contributed by atoms with Crippen molar-refractivity contribution in [2.75, 3.05) is 5.32 Å². The molecule has 0 spiro atoms. The van der Waals surface area contributed by atoms with E-state index in [1.165, 1.54) is 24.3 Å². The van der Waals surface area contributed by atoms with Crippen LogP contribution in [0.3, 0.4) is 0 Å². The third kappa shape index (κ3) is 5.01. The molecular formula is C15H12F3NO3. The first kappa shape index (κ1) is 15.7.